The lowest BCUT2D eigenvalue weighted by Crippen LogP contribution is -2.33. The highest BCUT2D eigenvalue weighted by atomic mass is 16.1. The summed E-state index contributed by atoms with van der Waals surface area (Å²) >= 11 is 0. The van der Waals surface area contributed by atoms with Crippen LogP contribution in [-0.2, 0) is 0 Å². The molecule has 1 rings (SSSR count). The van der Waals surface area contributed by atoms with E-state index in [1.165, 1.54) is 0 Å². The Balaban J connectivity index is 2.64. The topological polar surface area (TPSA) is 52.9 Å². The predicted molar refractivity (Wildman–Crippen MR) is 53.6 cm³/mol. The second kappa shape index (κ2) is 5.03. The molecule has 1 amide bonds. The van der Waals surface area contributed by atoms with Crippen LogP contribution in [0.25, 0.3) is 0 Å². The molecule has 1 atom stereocenters. The molecule has 1 N–H and O–H groups in total. The van der Waals surface area contributed by atoms with Gasteiger partial charge in [-0.05, 0) is 18.6 Å². The molecular weight excluding hydrogens is 176 g/mol. The van der Waals surface area contributed by atoms with E-state index < -0.39 is 6.04 Å². The maximum absolute atomic E-state index is 11.5. The lowest BCUT2D eigenvalue weighted by molar-refractivity contribution is 0.0944. The SMILES string of the molecule is CC[C@H](C#N)NC(=O)c1ccccc1. The number of hydrogen-bond acceptors (Lipinski definition) is 2. The van der Waals surface area contributed by atoms with Crippen LogP contribution in [0.3, 0.4) is 0 Å². The van der Waals surface area contributed by atoms with E-state index in [0.717, 1.165) is 0 Å². The Morgan fingerprint density at radius 3 is 2.64 bits per heavy atom. The summed E-state index contributed by atoms with van der Waals surface area (Å²) in [6.45, 7) is 1.86. The average Bonchev–Trinajstić information content (AvgIpc) is 2.26. The summed E-state index contributed by atoms with van der Waals surface area (Å²) in [5.41, 5.74) is 0.584. The van der Waals surface area contributed by atoms with Crippen molar-refractivity contribution >= 4 is 5.91 Å². The van der Waals surface area contributed by atoms with Crippen LogP contribution in [0.4, 0.5) is 0 Å². The zero-order valence-electron chi connectivity index (χ0n) is 8.03. The second-order valence-corrected chi connectivity index (χ2v) is 2.93. The molecule has 0 heterocycles. The Kier molecular flexibility index (Phi) is 3.69. The van der Waals surface area contributed by atoms with Crippen LogP contribution in [0.1, 0.15) is 23.7 Å². The molecule has 1 aromatic rings. The second-order valence-electron chi connectivity index (χ2n) is 2.93. The van der Waals surface area contributed by atoms with Crippen molar-refractivity contribution in [1.29, 1.82) is 5.26 Å². The fourth-order valence-corrected chi connectivity index (χ4v) is 1.06. The lowest BCUT2D eigenvalue weighted by Gasteiger charge is -2.08. The van der Waals surface area contributed by atoms with Crippen molar-refractivity contribution in [3.8, 4) is 6.07 Å². The van der Waals surface area contributed by atoms with Crippen LogP contribution in [0.15, 0.2) is 30.3 Å². The number of rotatable bonds is 3. The molecule has 0 saturated carbocycles. The summed E-state index contributed by atoms with van der Waals surface area (Å²) in [5.74, 6) is -0.195. The lowest BCUT2D eigenvalue weighted by atomic mass is 10.2. The van der Waals surface area contributed by atoms with Crippen molar-refractivity contribution in [2.75, 3.05) is 0 Å². The largest absolute Gasteiger partial charge is 0.336 e. The smallest absolute Gasteiger partial charge is 0.252 e. The number of nitriles is 1. The molecule has 0 aromatic heterocycles. The first kappa shape index (κ1) is 10.3. The predicted octanol–water partition coefficient (Wildman–Crippen LogP) is 1.72. The maximum Gasteiger partial charge on any atom is 0.252 e. The number of nitrogens with zero attached hydrogens (tertiary/aromatic N) is 1. The van der Waals surface area contributed by atoms with Gasteiger partial charge in [0.25, 0.3) is 5.91 Å². The summed E-state index contributed by atoms with van der Waals surface area (Å²) in [7, 11) is 0. The third-order valence-electron chi connectivity index (χ3n) is 1.91. The van der Waals surface area contributed by atoms with Gasteiger partial charge in [-0.1, -0.05) is 25.1 Å². The summed E-state index contributed by atoms with van der Waals surface area (Å²) < 4.78 is 0. The van der Waals surface area contributed by atoms with Gasteiger partial charge in [0.15, 0.2) is 0 Å². The third-order valence-corrected chi connectivity index (χ3v) is 1.91. The summed E-state index contributed by atoms with van der Waals surface area (Å²) in [4.78, 5) is 11.5. The molecule has 72 valence electrons. The minimum absolute atomic E-state index is 0.195. The van der Waals surface area contributed by atoms with Crippen LogP contribution < -0.4 is 5.32 Å². The Morgan fingerprint density at radius 1 is 1.50 bits per heavy atom. The molecule has 1 aromatic carbocycles. The summed E-state index contributed by atoms with van der Waals surface area (Å²) in [6, 6.07) is 10.5. The highest BCUT2D eigenvalue weighted by Crippen LogP contribution is 1.99. The minimum atomic E-state index is -0.400. The number of amides is 1. The Bertz CT molecular complexity index is 340. The molecule has 0 unspecified atom stereocenters. The van der Waals surface area contributed by atoms with Crippen molar-refractivity contribution < 1.29 is 4.79 Å². The van der Waals surface area contributed by atoms with E-state index in [2.05, 4.69) is 5.32 Å². The average molecular weight is 188 g/mol. The van der Waals surface area contributed by atoms with E-state index >= 15 is 0 Å². The molecule has 14 heavy (non-hydrogen) atoms. The third kappa shape index (κ3) is 2.60. The van der Waals surface area contributed by atoms with Crippen LogP contribution in [0.5, 0.6) is 0 Å². The number of benzene rings is 1. The quantitative estimate of drug-likeness (QED) is 0.785. The van der Waals surface area contributed by atoms with Crippen LogP contribution in [0, 0.1) is 11.3 Å². The minimum Gasteiger partial charge on any atom is -0.336 e. The Morgan fingerprint density at radius 2 is 2.14 bits per heavy atom. The highest BCUT2D eigenvalue weighted by Gasteiger charge is 2.09. The Labute approximate surface area is 83.4 Å². The van der Waals surface area contributed by atoms with Gasteiger partial charge in [-0.2, -0.15) is 5.26 Å². The van der Waals surface area contributed by atoms with Gasteiger partial charge in [0.1, 0.15) is 6.04 Å². The maximum atomic E-state index is 11.5. The first-order valence-electron chi connectivity index (χ1n) is 4.53. The summed E-state index contributed by atoms with van der Waals surface area (Å²) in [5, 5.41) is 11.3. The van der Waals surface area contributed by atoms with Gasteiger partial charge >= 0.3 is 0 Å². The fraction of sp³-hybridized carbons (Fsp3) is 0.273. The molecule has 3 heteroatoms. The van der Waals surface area contributed by atoms with Gasteiger partial charge in [-0.3, -0.25) is 4.79 Å². The summed E-state index contributed by atoms with van der Waals surface area (Å²) in [6.07, 6.45) is 0.620. The molecule has 0 radical (unpaired) electrons. The van der Waals surface area contributed by atoms with Gasteiger partial charge in [0, 0.05) is 5.56 Å². The molecule has 0 fully saturated rings. The zero-order valence-corrected chi connectivity index (χ0v) is 8.03. The van der Waals surface area contributed by atoms with Gasteiger partial charge < -0.3 is 5.32 Å². The monoisotopic (exact) mass is 188 g/mol. The van der Waals surface area contributed by atoms with Crippen molar-refractivity contribution in [3.05, 3.63) is 35.9 Å². The Hall–Kier alpha value is -1.82. The number of nitrogens with one attached hydrogen (secondary N) is 1. The van der Waals surface area contributed by atoms with Crippen LogP contribution >= 0.6 is 0 Å². The van der Waals surface area contributed by atoms with Crippen molar-refractivity contribution in [2.24, 2.45) is 0 Å². The van der Waals surface area contributed by atoms with Gasteiger partial charge in [0.05, 0.1) is 6.07 Å². The number of carbonyl (C=O) groups excluding carboxylic acids is 1. The fourth-order valence-electron chi connectivity index (χ4n) is 1.06. The first-order valence-corrected chi connectivity index (χ1v) is 4.53. The molecule has 3 nitrogen and oxygen atoms in total. The van der Waals surface area contributed by atoms with Gasteiger partial charge in [-0.15, -0.1) is 0 Å². The molecule has 0 bridgehead atoms. The first-order chi connectivity index (χ1) is 6.77. The van der Waals surface area contributed by atoms with Gasteiger partial charge in [-0.25, -0.2) is 0 Å². The van der Waals surface area contributed by atoms with Gasteiger partial charge in [0.2, 0.25) is 0 Å². The van der Waals surface area contributed by atoms with E-state index in [9.17, 15) is 4.79 Å². The number of hydrogen-bond donors (Lipinski definition) is 1. The van der Waals surface area contributed by atoms with E-state index in [1.54, 1.807) is 24.3 Å². The van der Waals surface area contributed by atoms with E-state index in [1.807, 2.05) is 19.1 Å². The molecule has 0 aliphatic carbocycles. The van der Waals surface area contributed by atoms with Crippen molar-refractivity contribution in [1.82, 2.24) is 5.32 Å². The van der Waals surface area contributed by atoms with Crippen molar-refractivity contribution in [3.63, 3.8) is 0 Å². The van der Waals surface area contributed by atoms with E-state index in [-0.39, 0.29) is 5.91 Å². The van der Waals surface area contributed by atoms with E-state index in [4.69, 9.17) is 5.26 Å². The van der Waals surface area contributed by atoms with Crippen LogP contribution in [-0.4, -0.2) is 11.9 Å². The zero-order chi connectivity index (χ0) is 10.4. The number of carbonyl (C=O) groups is 1. The normalized spacial score (nSPS) is 11.4. The highest BCUT2D eigenvalue weighted by molar-refractivity contribution is 5.94. The molecule has 0 saturated heterocycles. The molecular formula is C11H12N2O. The molecule has 0 spiro atoms. The molecule has 0 aliphatic rings. The standard InChI is InChI=1S/C11H12N2O/c1-2-10(8-12)13-11(14)9-6-4-3-5-7-9/h3-7,10H,2H2,1H3,(H,13,14)/t10-/m1/s1. The van der Waals surface area contributed by atoms with E-state index in [0.29, 0.717) is 12.0 Å². The van der Waals surface area contributed by atoms with Crippen molar-refractivity contribution in [2.45, 2.75) is 19.4 Å². The molecule has 0 aliphatic heterocycles. The van der Waals surface area contributed by atoms with Crippen LogP contribution in [0.2, 0.25) is 0 Å².